The van der Waals surface area contributed by atoms with E-state index in [-0.39, 0.29) is 36.4 Å². The second-order valence-corrected chi connectivity index (χ2v) is 23.1. The van der Waals surface area contributed by atoms with Gasteiger partial charge in [0.15, 0.2) is 0 Å². The molecule has 3 unspecified atom stereocenters. The van der Waals surface area contributed by atoms with Gasteiger partial charge in [0.25, 0.3) is 11.8 Å². The maximum Gasteiger partial charge on any atom is 0.410 e. The molecule has 0 radical (unpaired) electrons. The Kier molecular flexibility index (Phi) is 27.1. The summed E-state index contributed by atoms with van der Waals surface area (Å²) in [6.07, 6.45) is 0.635. The standard InChI is InChI=1S/C61H91N9O15/c1-15-37(8)53(45(83-13)30-49(75)69-29-19-22-44(69)55(84-14)38(9)56(77)62-39(10)54(76)41-20-17-16-18-21-41)67(11)60(81)51(35(4)5)66-59(80)52(36(6)7)68(12)61(82)85-33-40-23-25-42(26-24-40)63-57(78)43(32-71)64-58(79)50(34(2)3)65-46(72)31-70-47(73)27-28-48(70)74/h16-18,20-21,23-28,34-39,43-45,50-55,71,76H,15,19,22,29-33H2,1-14H3,(H,62,77)(H,63,78)(H,64,79)(H,65,72)(H,66,80)/t37-,38+,39+,43?,44-,45+,50?,51?,52-,53-,54+,55+/m0/s1. The van der Waals surface area contributed by atoms with Gasteiger partial charge < -0.3 is 60.8 Å². The van der Waals surface area contributed by atoms with E-state index in [1.165, 1.54) is 33.4 Å². The molecule has 2 aliphatic heterocycles. The van der Waals surface area contributed by atoms with Crippen molar-refractivity contribution >= 4 is 64.9 Å². The van der Waals surface area contributed by atoms with E-state index in [0.29, 0.717) is 41.8 Å². The Bertz CT molecular complexity index is 2640. The van der Waals surface area contributed by atoms with Gasteiger partial charge in [-0.25, -0.2) is 4.79 Å². The number of anilines is 1. The molecule has 0 saturated carbocycles. The molecule has 24 heteroatoms. The van der Waals surface area contributed by atoms with E-state index in [2.05, 4.69) is 26.6 Å². The molecular formula is C61H91N9O15. The number of nitrogens with zero attached hydrogens (tertiary/aromatic N) is 4. The van der Waals surface area contributed by atoms with E-state index >= 15 is 0 Å². The zero-order valence-electron chi connectivity index (χ0n) is 51.7. The minimum atomic E-state index is -1.44. The molecule has 470 valence electrons. The molecule has 2 aromatic carbocycles. The fourth-order valence-corrected chi connectivity index (χ4v) is 10.8. The van der Waals surface area contributed by atoms with E-state index in [1.807, 2.05) is 32.0 Å². The lowest BCUT2D eigenvalue weighted by Crippen LogP contribution is -2.60. The summed E-state index contributed by atoms with van der Waals surface area (Å²) in [5, 5.41) is 34.3. The first kappa shape index (κ1) is 70.2. The fraction of sp³-hybridized carbons (Fsp3) is 0.607. The molecule has 24 nitrogen and oxygen atoms in total. The van der Waals surface area contributed by atoms with Crippen LogP contribution >= 0.6 is 0 Å². The van der Waals surface area contributed by atoms with Crippen LogP contribution in [-0.4, -0.2) is 192 Å². The van der Waals surface area contributed by atoms with Gasteiger partial charge in [0.05, 0.1) is 55.4 Å². The Labute approximate surface area is 499 Å². The van der Waals surface area contributed by atoms with Gasteiger partial charge in [-0.2, -0.15) is 0 Å². The van der Waals surface area contributed by atoms with Crippen LogP contribution in [0.1, 0.15) is 112 Å². The monoisotopic (exact) mass is 1190 g/mol. The molecule has 1 saturated heterocycles. The Hall–Kier alpha value is -7.28. The van der Waals surface area contributed by atoms with Crippen molar-refractivity contribution in [3.8, 4) is 0 Å². The van der Waals surface area contributed by atoms with Crippen LogP contribution in [0.4, 0.5) is 10.5 Å². The maximum absolute atomic E-state index is 14.7. The van der Waals surface area contributed by atoms with E-state index in [1.54, 1.807) is 96.5 Å². The quantitative estimate of drug-likeness (QED) is 0.0534. The highest BCUT2D eigenvalue weighted by molar-refractivity contribution is 6.14. The number of aliphatic hydroxyl groups excluding tert-OH is 2. The molecule has 4 rings (SSSR count). The van der Waals surface area contributed by atoms with Crippen molar-refractivity contribution in [3.63, 3.8) is 0 Å². The van der Waals surface area contributed by atoms with Crippen molar-refractivity contribution in [2.24, 2.45) is 29.6 Å². The molecule has 2 aliphatic rings. The number of likely N-dealkylation sites (N-methyl/N-ethyl adjacent to an activating group) is 2. The lowest BCUT2D eigenvalue weighted by Gasteiger charge is -2.41. The summed E-state index contributed by atoms with van der Waals surface area (Å²) in [7, 11) is 6.05. The number of likely N-dealkylation sites (tertiary alicyclic amines) is 1. The number of hydrogen-bond acceptors (Lipinski definition) is 15. The molecule has 0 aliphatic carbocycles. The molecule has 0 aromatic heterocycles. The number of carbonyl (C=O) groups excluding carboxylic acids is 10. The first-order valence-corrected chi connectivity index (χ1v) is 29.1. The summed E-state index contributed by atoms with van der Waals surface area (Å²) in [5.41, 5.74) is 1.43. The molecule has 7 N–H and O–H groups in total. The molecule has 85 heavy (non-hydrogen) atoms. The van der Waals surface area contributed by atoms with Crippen molar-refractivity contribution in [2.75, 3.05) is 53.3 Å². The Morgan fingerprint density at radius 2 is 1.33 bits per heavy atom. The van der Waals surface area contributed by atoms with Crippen molar-refractivity contribution in [1.82, 2.24) is 40.9 Å². The molecule has 2 aromatic rings. The molecule has 0 bridgehead atoms. The molecular weight excluding hydrogens is 1100 g/mol. The number of aliphatic hydroxyl groups is 2. The van der Waals surface area contributed by atoms with Gasteiger partial charge >= 0.3 is 6.09 Å². The number of ether oxygens (including phenoxy) is 3. The average molecular weight is 1190 g/mol. The van der Waals surface area contributed by atoms with Crippen LogP contribution in [0, 0.1) is 29.6 Å². The van der Waals surface area contributed by atoms with Gasteiger partial charge in [-0.15, -0.1) is 0 Å². The smallest absolute Gasteiger partial charge is 0.410 e. The SMILES string of the molecule is CC[C@H](C)[C@@H]([C@@H](CC(=O)N1CCC[C@H]1[C@H](OC)[C@@H](C)C(=O)N[C@H](C)[C@@H](O)c1ccccc1)OC)N(C)C(=O)C(NC(=O)[C@H](C(C)C)N(C)C(=O)OCc1ccc(NC(=O)C(CO)NC(=O)C(NC(=O)CN2C(=O)C=CC2=O)C(C)C)cc1)C(C)C. The normalized spacial score (nSPS) is 18.1. The number of amides is 10. The van der Waals surface area contributed by atoms with Crippen LogP contribution < -0.4 is 26.6 Å². The highest BCUT2D eigenvalue weighted by atomic mass is 16.6. The second-order valence-electron chi connectivity index (χ2n) is 23.1. The zero-order valence-corrected chi connectivity index (χ0v) is 51.7. The van der Waals surface area contributed by atoms with Crippen LogP contribution in [0.15, 0.2) is 66.7 Å². The number of benzene rings is 2. The lowest BCUT2D eigenvalue weighted by molar-refractivity contribution is -0.148. The summed E-state index contributed by atoms with van der Waals surface area (Å²) in [6, 6.07) is 8.75. The zero-order chi connectivity index (χ0) is 63.6. The van der Waals surface area contributed by atoms with E-state index in [0.717, 1.165) is 17.1 Å². The van der Waals surface area contributed by atoms with E-state index in [9.17, 15) is 58.2 Å². The third-order valence-corrected chi connectivity index (χ3v) is 15.9. The third-order valence-electron chi connectivity index (χ3n) is 15.9. The van der Waals surface area contributed by atoms with Gasteiger partial charge in [0.1, 0.15) is 37.3 Å². The first-order valence-electron chi connectivity index (χ1n) is 29.1. The van der Waals surface area contributed by atoms with Crippen molar-refractivity contribution in [3.05, 3.63) is 77.9 Å². The molecule has 12 atom stereocenters. The Morgan fingerprint density at radius 3 is 1.87 bits per heavy atom. The number of imide groups is 1. The number of nitrogens with one attached hydrogen (secondary N) is 5. The highest BCUT2D eigenvalue weighted by Crippen LogP contribution is 2.30. The molecule has 0 spiro atoms. The van der Waals surface area contributed by atoms with Crippen molar-refractivity contribution in [1.29, 1.82) is 0 Å². The van der Waals surface area contributed by atoms with Crippen LogP contribution in [0.2, 0.25) is 0 Å². The van der Waals surface area contributed by atoms with Crippen LogP contribution in [0.25, 0.3) is 0 Å². The molecule has 2 heterocycles. The largest absolute Gasteiger partial charge is 0.445 e. The number of carbonyl (C=O) groups is 10. The average Bonchev–Trinajstić information content (AvgIpc) is 3.99. The van der Waals surface area contributed by atoms with Crippen LogP contribution in [-0.2, 0) is 64.0 Å². The first-order chi connectivity index (χ1) is 40.1. The van der Waals surface area contributed by atoms with Crippen molar-refractivity contribution in [2.45, 2.75) is 162 Å². The molecule has 1 fully saturated rings. The number of methoxy groups -OCH3 is 2. The lowest BCUT2D eigenvalue weighted by atomic mass is 9.89. The second kappa shape index (κ2) is 32.8. The third kappa shape index (κ3) is 18.9. The fourth-order valence-electron chi connectivity index (χ4n) is 10.8. The maximum atomic E-state index is 14.7. The number of rotatable bonds is 31. The summed E-state index contributed by atoms with van der Waals surface area (Å²) >= 11 is 0. The van der Waals surface area contributed by atoms with Gasteiger partial charge in [-0.05, 0) is 66.7 Å². The predicted octanol–water partition coefficient (Wildman–Crippen LogP) is 3.06. The summed E-state index contributed by atoms with van der Waals surface area (Å²) in [5.74, 6) is -7.52. The topological polar surface area (TPSA) is 312 Å². The summed E-state index contributed by atoms with van der Waals surface area (Å²) in [4.78, 5) is 139. The summed E-state index contributed by atoms with van der Waals surface area (Å²) < 4.78 is 17.6. The van der Waals surface area contributed by atoms with Crippen LogP contribution in [0.5, 0.6) is 0 Å². The summed E-state index contributed by atoms with van der Waals surface area (Å²) in [6.45, 7) is 16.5. The number of hydrogen-bond donors (Lipinski definition) is 7. The highest BCUT2D eigenvalue weighted by Gasteiger charge is 2.44. The van der Waals surface area contributed by atoms with Crippen molar-refractivity contribution < 1.29 is 72.4 Å². The van der Waals surface area contributed by atoms with E-state index in [4.69, 9.17) is 14.2 Å². The minimum absolute atomic E-state index is 0.0914. The Balaban J connectivity index is 1.37. The van der Waals surface area contributed by atoms with Gasteiger partial charge in [0.2, 0.25) is 41.4 Å². The predicted molar refractivity (Wildman–Crippen MR) is 315 cm³/mol. The Morgan fingerprint density at radius 1 is 0.718 bits per heavy atom. The molecule has 10 amide bonds. The minimum Gasteiger partial charge on any atom is -0.445 e. The van der Waals surface area contributed by atoms with Gasteiger partial charge in [-0.1, -0.05) is 111 Å². The van der Waals surface area contributed by atoms with E-state index < -0.39 is 145 Å². The van der Waals surface area contributed by atoms with Gasteiger partial charge in [0, 0.05) is 52.7 Å². The van der Waals surface area contributed by atoms with Crippen LogP contribution in [0.3, 0.4) is 0 Å². The van der Waals surface area contributed by atoms with Gasteiger partial charge in [-0.3, -0.25) is 53.0 Å².